The molecule has 2 aromatic carbocycles. The van der Waals surface area contributed by atoms with Gasteiger partial charge in [0.05, 0.1) is 21.5 Å². The van der Waals surface area contributed by atoms with E-state index in [9.17, 15) is 9.59 Å². The molecule has 0 aliphatic carbocycles. The highest BCUT2D eigenvalue weighted by Crippen LogP contribution is 2.29. The summed E-state index contributed by atoms with van der Waals surface area (Å²) in [6.45, 7) is 1.99. The number of carbonyl (C=O) groups excluding carboxylic acids is 2. The monoisotopic (exact) mass is 357 g/mol. The Morgan fingerprint density at radius 3 is 2.75 bits per heavy atom. The van der Waals surface area contributed by atoms with Gasteiger partial charge in [-0.3, -0.25) is 14.9 Å². The number of aryl methyl sites for hydroxylation is 1. The molecule has 0 bridgehead atoms. The van der Waals surface area contributed by atoms with Gasteiger partial charge in [0, 0.05) is 4.90 Å². The molecule has 0 unspecified atom stereocenters. The fourth-order valence-electron chi connectivity index (χ4n) is 2.23. The molecule has 3 aromatic rings. The van der Waals surface area contributed by atoms with Crippen molar-refractivity contribution in [3.63, 3.8) is 0 Å². The quantitative estimate of drug-likeness (QED) is 0.685. The molecule has 0 saturated carbocycles. The number of aromatic nitrogens is 1. The van der Waals surface area contributed by atoms with Gasteiger partial charge in [0.1, 0.15) is 0 Å². The number of carbonyl (C=O) groups is 2. The topological polar surface area (TPSA) is 85.1 Å². The van der Waals surface area contributed by atoms with E-state index in [1.54, 1.807) is 18.2 Å². The largest absolute Gasteiger partial charge is 0.369 e. The maximum Gasteiger partial charge on any atom is 0.258 e. The second kappa shape index (κ2) is 7.02. The van der Waals surface area contributed by atoms with Crippen LogP contribution < -0.4 is 11.1 Å². The van der Waals surface area contributed by atoms with E-state index in [1.165, 1.54) is 23.1 Å². The lowest BCUT2D eigenvalue weighted by Crippen LogP contribution is -2.15. The van der Waals surface area contributed by atoms with E-state index < -0.39 is 5.91 Å². The van der Waals surface area contributed by atoms with Crippen molar-refractivity contribution < 1.29 is 9.59 Å². The van der Waals surface area contributed by atoms with Crippen LogP contribution in [0, 0.1) is 6.92 Å². The highest BCUT2D eigenvalue weighted by Gasteiger charge is 2.14. The van der Waals surface area contributed by atoms with Crippen LogP contribution in [0.2, 0.25) is 0 Å². The SMILES string of the molecule is Cc1cccc2sc(NC(=O)c3ccccc3SCC(N)=O)nc12. The van der Waals surface area contributed by atoms with Crippen molar-refractivity contribution in [2.75, 3.05) is 11.1 Å². The molecule has 5 nitrogen and oxygen atoms in total. The molecule has 0 atom stereocenters. The predicted molar refractivity (Wildman–Crippen MR) is 98.7 cm³/mol. The van der Waals surface area contributed by atoms with Crippen LogP contribution in [0.3, 0.4) is 0 Å². The van der Waals surface area contributed by atoms with E-state index in [1.807, 2.05) is 31.2 Å². The maximum atomic E-state index is 12.6. The van der Waals surface area contributed by atoms with Crippen LogP contribution in [0.4, 0.5) is 5.13 Å². The predicted octanol–water partition coefficient (Wildman–Crippen LogP) is 3.43. The van der Waals surface area contributed by atoms with Crippen molar-refractivity contribution in [1.82, 2.24) is 4.98 Å². The van der Waals surface area contributed by atoms with Crippen LogP contribution in [0.15, 0.2) is 47.4 Å². The number of para-hydroxylation sites is 1. The number of primary amides is 1. The molecule has 7 heteroatoms. The number of hydrogen-bond acceptors (Lipinski definition) is 5. The number of benzene rings is 2. The molecule has 0 saturated heterocycles. The highest BCUT2D eigenvalue weighted by molar-refractivity contribution is 8.00. The van der Waals surface area contributed by atoms with Crippen LogP contribution in [0.5, 0.6) is 0 Å². The summed E-state index contributed by atoms with van der Waals surface area (Å²) in [5.41, 5.74) is 7.65. The van der Waals surface area contributed by atoms with Crippen LogP contribution in [0.1, 0.15) is 15.9 Å². The highest BCUT2D eigenvalue weighted by atomic mass is 32.2. The van der Waals surface area contributed by atoms with Crippen LogP contribution in [-0.2, 0) is 4.79 Å². The molecule has 2 amide bonds. The molecule has 3 rings (SSSR count). The first-order valence-electron chi connectivity index (χ1n) is 7.22. The lowest BCUT2D eigenvalue weighted by molar-refractivity contribution is -0.115. The number of nitrogens with one attached hydrogen (secondary N) is 1. The van der Waals surface area contributed by atoms with Crippen molar-refractivity contribution in [3.8, 4) is 0 Å². The fraction of sp³-hybridized carbons (Fsp3) is 0.118. The summed E-state index contributed by atoms with van der Waals surface area (Å²) < 4.78 is 1.03. The third-order valence-corrected chi connectivity index (χ3v) is 5.37. The molecule has 0 spiro atoms. The minimum absolute atomic E-state index is 0.130. The van der Waals surface area contributed by atoms with Gasteiger partial charge in [0.2, 0.25) is 5.91 Å². The summed E-state index contributed by atoms with van der Waals surface area (Å²) >= 11 is 2.68. The maximum absolute atomic E-state index is 12.6. The van der Waals surface area contributed by atoms with Crippen LogP contribution >= 0.6 is 23.1 Å². The van der Waals surface area contributed by atoms with E-state index in [-0.39, 0.29) is 11.7 Å². The number of thiazole rings is 1. The Hall–Kier alpha value is -2.38. The summed E-state index contributed by atoms with van der Waals surface area (Å²) in [7, 11) is 0. The third kappa shape index (κ3) is 3.58. The van der Waals surface area contributed by atoms with E-state index in [2.05, 4.69) is 10.3 Å². The van der Waals surface area contributed by atoms with Crippen LogP contribution in [-0.4, -0.2) is 22.6 Å². The van der Waals surface area contributed by atoms with Gasteiger partial charge in [-0.1, -0.05) is 35.6 Å². The third-order valence-electron chi connectivity index (χ3n) is 3.34. The summed E-state index contributed by atoms with van der Waals surface area (Å²) in [6.07, 6.45) is 0. The molecular formula is C17H15N3O2S2. The molecule has 24 heavy (non-hydrogen) atoms. The van der Waals surface area contributed by atoms with E-state index >= 15 is 0 Å². The van der Waals surface area contributed by atoms with Crippen molar-refractivity contribution in [1.29, 1.82) is 0 Å². The van der Waals surface area contributed by atoms with E-state index in [4.69, 9.17) is 5.73 Å². The average molecular weight is 357 g/mol. The zero-order valence-corrected chi connectivity index (χ0v) is 14.5. The number of thioether (sulfide) groups is 1. The summed E-state index contributed by atoms with van der Waals surface area (Å²) in [6, 6.07) is 13.1. The van der Waals surface area contributed by atoms with Crippen molar-refractivity contribution >= 4 is 50.3 Å². The van der Waals surface area contributed by atoms with Gasteiger partial charge >= 0.3 is 0 Å². The minimum atomic E-state index is -0.420. The molecule has 1 aromatic heterocycles. The molecule has 0 aliphatic rings. The number of fused-ring (bicyclic) bond motifs is 1. The van der Waals surface area contributed by atoms with Gasteiger partial charge < -0.3 is 5.73 Å². The standard InChI is InChI=1S/C17H15N3O2S2/c1-10-5-4-8-13-15(10)19-17(24-13)20-16(22)11-6-2-3-7-12(11)23-9-14(18)21/h2-8H,9H2,1H3,(H2,18,21)(H,19,20,22). The van der Waals surface area contributed by atoms with E-state index in [0.717, 1.165) is 15.8 Å². The molecule has 0 fully saturated rings. The number of nitrogens with zero attached hydrogens (tertiary/aromatic N) is 1. The van der Waals surface area contributed by atoms with Gasteiger partial charge in [-0.2, -0.15) is 0 Å². The second-order valence-electron chi connectivity index (χ2n) is 5.15. The normalized spacial score (nSPS) is 10.7. The van der Waals surface area contributed by atoms with Gasteiger partial charge in [0.25, 0.3) is 5.91 Å². The fourth-order valence-corrected chi connectivity index (χ4v) is 3.96. The van der Waals surface area contributed by atoms with Gasteiger partial charge in [-0.05, 0) is 30.7 Å². The number of rotatable bonds is 5. The summed E-state index contributed by atoms with van der Waals surface area (Å²) in [5.74, 6) is -0.541. The zero-order chi connectivity index (χ0) is 17.1. The lowest BCUT2D eigenvalue weighted by Gasteiger charge is -2.07. The molecule has 0 aliphatic heterocycles. The molecule has 1 heterocycles. The Morgan fingerprint density at radius 1 is 1.21 bits per heavy atom. The zero-order valence-electron chi connectivity index (χ0n) is 12.9. The Bertz CT molecular complexity index is 921. The summed E-state index contributed by atoms with van der Waals surface area (Å²) in [4.78, 5) is 28.7. The van der Waals surface area contributed by atoms with Gasteiger partial charge in [0.15, 0.2) is 5.13 Å². The summed E-state index contributed by atoms with van der Waals surface area (Å²) in [5, 5.41) is 3.40. The molecule has 0 radical (unpaired) electrons. The Labute approximate surface area is 147 Å². The smallest absolute Gasteiger partial charge is 0.258 e. The minimum Gasteiger partial charge on any atom is -0.369 e. The first-order valence-corrected chi connectivity index (χ1v) is 9.02. The lowest BCUT2D eigenvalue weighted by atomic mass is 10.2. The first-order chi connectivity index (χ1) is 11.5. The number of hydrogen-bond donors (Lipinski definition) is 2. The van der Waals surface area contributed by atoms with Gasteiger partial charge in [-0.25, -0.2) is 4.98 Å². The van der Waals surface area contributed by atoms with Crippen molar-refractivity contribution in [2.45, 2.75) is 11.8 Å². The Morgan fingerprint density at radius 2 is 2.00 bits per heavy atom. The molecular weight excluding hydrogens is 342 g/mol. The molecule has 122 valence electrons. The van der Waals surface area contributed by atoms with Crippen molar-refractivity contribution in [3.05, 3.63) is 53.6 Å². The number of amides is 2. The Balaban J connectivity index is 1.84. The second-order valence-corrected chi connectivity index (χ2v) is 7.19. The average Bonchev–Trinajstić information content (AvgIpc) is 2.97. The van der Waals surface area contributed by atoms with E-state index in [0.29, 0.717) is 15.6 Å². The molecule has 3 N–H and O–H groups in total. The van der Waals surface area contributed by atoms with Crippen LogP contribution in [0.25, 0.3) is 10.2 Å². The first kappa shape index (κ1) is 16.5. The number of anilines is 1. The van der Waals surface area contributed by atoms with Crippen molar-refractivity contribution in [2.24, 2.45) is 5.73 Å². The van der Waals surface area contributed by atoms with Gasteiger partial charge in [-0.15, -0.1) is 11.8 Å². The Kier molecular flexibility index (Phi) is 4.82. The number of nitrogens with two attached hydrogens (primary N) is 1.